The Labute approximate surface area is 142 Å². The SMILES string of the molecule is CCc1ccc(NC(=O)COc2cccc3c2CCC[C@H]3O)cc1. The normalized spacial score (nSPS) is 16.3. The highest BCUT2D eigenvalue weighted by molar-refractivity contribution is 5.91. The number of aryl methyl sites for hydroxylation is 1. The van der Waals surface area contributed by atoms with E-state index in [0.717, 1.165) is 42.5 Å². The van der Waals surface area contributed by atoms with Gasteiger partial charge in [-0.3, -0.25) is 4.79 Å². The van der Waals surface area contributed by atoms with Crippen LogP contribution in [0.3, 0.4) is 0 Å². The average Bonchev–Trinajstić information content (AvgIpc) is 2.61. The minimum atomic E-state index is -0.428. The fourth-order valence-corrected chi connectivity index (χ4v) is 3.09. The Bertz CT molecular complexity index is 709. The highest BCUT2D eigenvalue weighted by atomic mass is 16.5. The van der Waals surface area contributed by atoms with Gasteiger partial charge in [0.2, 0.25) is 0 Å². The first-order valence-corrected chi connectivity index (χ1v) is 8.49. The van der Waals surface area contributed by atoms with Crippen molar-refractivity contribution in [1.29, 1.82) is 0 Å². The Balaban J connectivity index is 1.61. The summed E-state index contributed by atoms with van der Waals surface area (Å²) in [7, 11) is 0. The van der Waals surface area contributed by atoms with E-state index in [0.29, 0.717) is 5.75 Å². The number of carbonyl (C=O) groups is 1. The number of hydrogen-bond acceptors (Lipinski definition) is 3. The second-order valence-electron chi connectivity index (χ2n) is 6.12. The Hall–Kier alpha value is -2.33. The van der Waals surface area contributed by atoms with Crippen LogP contribution < -0.4 is 10.1 Å². The molecule has 24 heavy (non-hydrogen) atoms. The number of ether oxygens (including phenoxy) is 1. The second kappa shape index (κ2) is 7.49. The van der Waals surface area contributed by atoms with E-state index in [9.17, 15) is 9.90 Å². The molecule has 1 aliphatic carbocycles. The van der Waals surface area contributed by atoms with Crippen molar-refractivity contribution in [3.63, 3.8) is 0 Å². The van der Waals surface area contributed by atoms with Gasteiger partial charge in [0.15, 0.2) is 6.61 Å². The predicted molar refractivity (Wildman–Crippen MR) is 94.3 cm³/mol. The largest absolute Gasteiger partial charge is 0.483 e. The number of rotatable bonds is 5. The summed E-state index contributed by atoms with van der Waals surface area (Å²) in [5.41, 5.74) is 3.95. The van der Waals surface area contributed by atoms with Gasteiger partial charge in [0.05, 0.1) is 6.10 Å². The standard InChI is InChI=1S/C20H23NO3/c1-2-14-9-11-15(12-10-14)21-20(23)13-24-19-8-4-5-16-17(19)6-3-7-18(16)22/h4-5,8-12,18,22H,2-3,6-7,13H2,1H3,(H,21,23)/t18-/m1/s1. The third-order valence-electron chi connectivity index (χ3n) is 4.44. The number of aliphatic hydroxyl groups is 1. The summed E-state index contributed by atoms with van der Waals surface area (Å²) in [6.45, 7) is 2.06. The molecule has 0 spiro atoms. The van der Waals surface area contributed by atoms with Gasteiger partial charge in [0.25, 0.3) is 5.91 Å². The van der Waals surface area contributed by atoms with Crippen molar-refractivity contribution in [3.8, 4) is 5.75 Å². The number of carbonyl (C=O) groups excluding carboxylic acids is 1. The molecule has 0 unspecified atom stereocenters. The van der Waals surface area contributed by atoms with E-state index < -0.39 is 6.10 Å². The molecule has 2 aromatic rings. The molecule has 1 amide bonds. The summed E-state index contributed by atoms with van der Waals surface area (Å²) >= 11 is 0. The smallest absolute Gasteiger partial charge is 0.262 e. The topological polar surface area (TPSA) is 58.6 Å². The molecule has 4 heteroatoms. The van der Waals surface area contributed by atoms with Crippen LogP contribution in [-0.4, -0.2) is 17.6 Å². The van der Waals surface area contributed by atoms with Gasteiger partial charge in [-0.2, -0.15) is 0 Å². The van der Waals surface area contributed by atoms with E-state index in [2.05, 4.69) is 12.2 Å². The molecule has 2 aromatic carbocycles. The summed E-state index contributed by atoms with van der Waals surface area (Å²) in [6.07, 6.45) is 3.14. The molecule has 0 aromatic heterocycles. The van der Waals surface area contributed by atoms with Crippen LogP contribution in [0.5, 0.6) is 5.75 Å². The van der Waals surface area contributed by atoms with Crippen LogP contribution in [0.4, 0.5) is 5.69 Å². The van der Waals surface area contributed by atoms with Gasteiger partial charge >= 0.3 is 0 Å². The van der Waals surface area contributed by atoms with Gasteiger partial charge in [-0.15, -0.1) is 0 Å². The minimum Gasteiger partial charge on any atom is -0.483 e. The summed E-state index contributed by atoms with van der Waals surface area (Å²) < 4.78 is 5.71. The number of anilines is 1. The van der Waals surface area contributed by atoms with E-state index >= 15 is 0 Å². The number of benzene rings is 2. The van der Waals surface area contributed by atoms with Crippen LogP contribution in [0.25, 0.3) is 0 Å². The third-order valence-corrected chi connectivity index (χ3v) is 4.44. The van der Waals surface area contributed by atoms with E-state index in [-0.39, 0.29) is 12.5 Å². The highest BCUT2D eigenvalue weighted by Gasteiger charge is 2.21. The van der Waals surface area contributed by atoms with Crippen molar-refractivity contribution in [2.75, 3.05) is 11.9 Å². The summed E-state index contributed by atoms with van der Waals surface area (Å²) in [5, 5.41) is 12.9. The zero-order valence-corrected chi connectivity index (χ0v) is 13.9. The van der Waals surface area contributed by atoms with Gasteiger partial charge in [0.1, 0.15) is 5.75 Å². The second-order valence-corrected chi connectivity index (χ2v) is 6.12. The lowest BCUT2D eigenvalue weighted by Gasteiger charge is -2.23. The summed E-state index contributed by atoms with van der Waals surface area (Å²) in [6, 6.07) is 13.5. The molecule has 0 fully saturated rings. The molecule has 0 heterocycles. The molecule has 4 nitrogen and oxygen atoms in total. The molecule has 2 N–H and O–H groups in total. The Morgan fingerprint density at radius 3 is 2.79 bits per heavy atom. The van der Waals surface area contributed by atoms with Crippen molar-refractivity contribution in [1.82, 2.24) is 0 Å². The van der Waals surface area contributed by atoms with Gasteiger partial charge in [0, 0.05) is 5.69 Å². The maximum atomic E-state index is 12.1. The first-order valence-electron chi connectivity index (χ1n) is 8.49. The van der Waals surface area contributed by atoms with Crippen LogP contribution in [0.15, 0.2) is 42.5 Å². The highest BCUT2D eigenvalue weighted by Crippen LogP contribution is 2.35. The molecule has 0 bridgehead atoms. The molecule has 0 saturated heterocycles. The van der Waals surface area contributed by atoms with Crippen LogP contribution in [0, 0.1) is 0 Å². The summed E-state index contributed by atoms with van der Waals surface area (Å²) in [4.78, 5) is 12.1. The molecule has 0 saturated carbocycles. The van der Waals surface area contributed by atoms with Crippen molar-refractivity contribution in [2.45, 2.75) is 38.7 Å². The number of hydrogen-bond donors (Lipinski definition) is 2. The molecular formula is C20H23NO3. The lowest BCUT2D eigenvalue weighted by molar-refractivity contribution is -0.118. The fraction of sp³-hybridized carbons (Fsp3) is 0.350. The van der Waals surface area contributed by atoms with E-state index in [1.165, 1.54) is 5.56 Å². The van der Waals surface area contributed by atoms with Crippen molar-refractivity contribution >= 4 is 11.6 Å². The van der Waals surface area contributed by atoms with Gasteiger partial charge in [-0.25, -0.2) is 0 Å². The molecular weight excluding hydrogens is 302 g/mol. The van der Waals surface area contributed by atoms with Crippen LogP contribution in [-0.2, 0) is 17.6 Å². The third kappa shape index (κ3) is 3.77. The van der Waals surface area contributed by atoms with Gasteiger partial charge in [-0.1, -0.05) is 31.2 Å². The van der Waals surface area contributed by atoms with Gasteiger partial charge < -0.3 is 15.2 Å². The predicted octanol–water partition coefficient (Wildman–Crippen LogP) is 3.64. The molecule has 3 rings (SSSR count). The quantitative estimate of drug-likeness (QED) is 0.882. The van der Waals surface area contributed by atoms with E-state index in [1.54, 1.807) is 0 Å². The molecule has 0 aliphatic heterocycles. The fourth-order valence-electron chi connectivity index (χ4n) is 3.09. The van der Waals surface area contributed by atoms with Crippen molar-refractivity contribution in [2.24, 2.45) is 0 Å². The van der Waals surface area contributed by atoms with E-state index in [4.69, 9.17) is 4.74 Å². The first kappa shape index (κ1) is 16.5. The zero-order valence-electron chi connectivity index (χ0n) is 13.9. The van der Waals surface area contributed by atoms with Gasteiger partial charge in [-0.05, 0) is 60.6 Å². The van der Waals surface area contributed by atoms with Crippen LogP contribution in [0.1, 0.15) is 42.6 Å². The van der Waals surface area contributed by atoms with Crippen LogP contribution in [0.2, 0.25) is 0 Å². The zero-order chi connectivity index (χ0) is 16.9. The molecule has 0 radical (unpaired) electrons. The molecule has 1 aliphatic rings. The number of amides is 1. The maximum Gasteiger partial charge on any atom is 0.262 e. The lowest BCUT2D eigenvalue weighted by atomic mass is 9.89. The Morgan fingerprint density at radius 2 is 2.04 bits per heavy atom. The molecule has 126 valence electrons. The minimum absolute atomic E-state index is 0.0396. The Kier molecular flexibility index (Phi) is 5.16. The number of nitrogens with one attached hydrogen (secondary N) is 1. The maximum absolute atomic E-state index is 12.1. The van der Waals surface area contributed by atoms with Crippen molar-refractivity contribution < 1.29 is 14.6 Å². The first-order chi connectivity index (χ1) is 11.7. The number of fused-ring (bicyclic) bond motifs is 1. The van der Waals surface area contributed by atoms with E-state index in [1.807, 2.05) is 42.5 Å². The Morgan fingerprint density at radius 1 is 1.25 bits per heavy atom. The lowest BCUT2D eigenvalue weighted by Crippen LogP contribution is -2.21. The monoisotopic (exact) mass is 325 g/mol. The van der Waals surface area contributed by atoms with Crippen molar-refractivity contribution in [3.05, 3.63) is 59.2 Å². The number of aliphatic hydroxyl groups excluding tert-OH is 1. The van der Waals surface area contributed by atoms with Crippen LogP contribution >= 0.6 is 0 Å². The average molecular weight is 325 g/mol. The summed E-state index contributed by atoms with van der Waals surface area (Å²) in [5.74, 6) is 0.510. The molecule has 1 atom stereocenters.